The molecule has 6 aromatic carbocycles. The molecule has 3 aromatic heterocycles. The van der Waals surface area contributed by atoms with Gasteiger partial charge in [-0.05, 0) is 59.7 Å². The molecule has 9 rings (SSSR count). The van der Waals surface area contributed by atoms with Gasteiger partial charge in [0.25, 0.3) is 0 Å². The molecule has 0 spiro atoms. The van der Waals surface area contributed by atoms with E-state index in [9.17, 15) is 0 Å². The lowest BCUT2D eigenvalue weighted by Gasteiger charge is -2.09. The Morgan fingerprint density at radius 2 is 1.14 bits per heavy atom. The average Bonchev–Trinajstić information content (AvgIpc) is 3.64. The van der Waals surface area contributed by atoms with Crippen molar-refractivity contribution in [2.75, 3.05) is 0 Å². The molecule has 4 nitrogen and oxygen atoms in total. The first-order chi connectivity index (χ1) is 21.8. The first-order valence-electron chi connectivity index (χ1n) is 14.8. The van der Waals surface area contributed by atoms with Crippen molar-refractivity contribution < 1.29 is 4.42 Å². The van der Waals surface area contributed by atoms with E-state index in [0.717, 1.165) is 61.0 Å². The van der Waals surface area contributed by atoms with Gasteiger partial charge in [-0.25, -0.2) is 9.97 Å². The van der Waals surface area contributed by atoms with Gasteiger partial charge in [0.05, 0.1) is 11.0 Å². The lowest BCUT2D eigenvalue weighted by molar-refractivity contribution is 0.667. The fourth-order valence-electron chi connectivity index (χ4n) is 6.36. The van der Waals surface area contributed by atoms with Gasteiger partial charge in [-0.1, -0.05) is 103 Å². The first kappa shape index (κ1) is 24.6. The lowest BCUT2D eigenvalue weighted by atomic mass is 10.0. The molecule has 0 aliphatic heterocycles. The smallest absolute Gasteiger partial charge is 0.180 e. The molecule has 3 heterocycles. The highest BCUT2D eigenvalue weighted by Crippen LogP contribution is 2.39. The van der Waals surface area contributed by atoms with E-state index in [2.05, 4.69) is 132 Å². The number of hydrogen-bond donors (Lipinski definition) is 0. The van der Waals surface area contributed by atoms with Crippen LogP contribution in [-0.2, 0) is 0 Å². The van der Waals surface area contributed by atoms with Crippen molar-refractivity contribution >= 4 is 43.9 Å². The van der Waals surface area contributed by atoms with Gasteiger partial charge in [0, 0.05) is 33.0 Å². The van der Waals surface area contributed by atoms with Crippen LogP contribution in [-0.4, -0.2) is 14.5 Å². The fourth-order valence-corrected chi connectivity index (χ4v) is 6.36. The van der Waals surface area contributed by atoms with E-state index in [1.807, 2.05) is 24.3 Å². The number of para-hydroxylation sites is 3. The normalized spacial score (nSPS) is 11.6. The van der Waals surface area contributed by atoms with Crippen LogP contribution < -0.4 is 0 Å². The van der Waals surface area contributed by atoms with E-state index in [-0.39, 0.29) is 0 Å². The molecule has 206 valence electrons. The number of rotatable bonds is 4. The molecular weight excluding hydrogens is 538 g/mol. The quantitative estimate of drug-likeness (QED) is 0.214. The standard InChI is InChI=1S/C40H25N3O/c1-3-12-26(13-4-1)27-14-11-15-29(24-27)40-41-37(39-38(42-40)32-19-8-10-21-36(32)44-39)28-22-23-35-33(25-28)31-18-7-9-20-34(31)43(35)30-16-5-2-6-17-30/h1-25H. The molecule has 0 amide bonds. The van der Waals surface area contributed by atoms with Gasteiger partial charge in [0.1, 0.15) is 16.8 Å². The molecule has 0 saturated carbocycles. The van der Waals surface area contributed by atoms with Crippen molar-refractivity contribution in [2.24, 2.45) is 0 Å². The third kappa shape index (κ3) is 3.85. The van der Waals surface area contributed by atoms with Gasteiger partial charge in [-0.2, -0.15) is 0 Å². The molecule has 0 fully saturated rings. The Morgan fingerprint density at radius 1 is 0.455 bits per heavy atom. The minimum atomic E-state index is 0.670. The largest absolute Gasteiger partial charge is 0.452 e. The van der Waals surface area contributed by atoms with Crippen LogP contribution >= 0.6 is 0 Å². The van der Waals surface area contributed by atoms with Crippen LogP contribution in [0.3, 0.4) is 0 Å². The summed E-state index contributed by atoms with van der Waals surface area (Å²) in [6, 6.07) is 52.6. The van der Waals surface area contributed by atoms with Gasteiger partial charge < -0.3 is 8.98 Å². The van der Waals surface area contributed by atoms with Gasteiger partial charge in [0.15, 0.2) is 11.4 Å². The Morgan fingerprint density at radius 3 is 2.00 bits per heavy atom. The monoisotopic (exact) mass is 563 g/mol. The maximum atomic E-state index is 6.47. The predicted molar refractivity (Wildman–Crippen MR) is 180 cm³/mol. The van der Waals surface area contributed by atoms with Crippen LogP contribution in [0.4, 0.5) is 0 Å². The molecule has 44 heavy (non-hydrogen) atoms. The minimum Gasteiger partial charge on any atom is -0.452 e. The molecule has 0 aliphatic rings. The summed E-state index contributed by atoms with van der Waals surface area (Å²) in [6.45, 7) is 0. The number of furan rings is 1. The highest BCUT2D eigenvalue weighted by molar-refractivity contribution is 6.12. The van der Waals surface area contributed by atoms with Crippen molar-refractivity contribution in [3.63, 3.8) is 0 Å². The van der Waals surface area contributed by atoms with Gasteiger partial charge in [0.2, 0.25) is 0 Å². The molecule has 9 aromatic rings. The van der Waals surface area contributed by atoms with E-state index >= 15 is 0 Å². The number of fused-ring (bicyclic) bond motifs is 6. The lowest BCUT2D eigenvalue weighted by Crippen LogP contribution is -1.95. The van der Waals surface area contributed by atoms with Crippen LogP contribution in [0.1, 0.15) is 0 Å². The molecule has 0 aliphatic carbocycles. The highest BCUT2D eigenvalue weighted by Gasteiger charge is 2.20. The number of nitrogens with zero attached hydrogens (tertiary/aromatic N) is 3. The van der Waals surface area contributed by atoms with Crippen LogP contribution in [0, 0.1) is 0 Å². The summed E-state index contributed by atoms with van der Waals surface area (Å²) in [5, 5.41) is 3.34. The van der Waals surface area contributed by atoms with Crippen LogP contribution in [0.25, 0.3) is 83.3 Å². The molecule has 0 N–H and O–H groups in total. The summed E-state index contributed by atoms with van der Waals surface area (Å²) in [7, 11) is 0. The number of aromatic nitrogens is 3. The minimum absolute atomic E-state index is 0.670. The van der Waals surface area contributed by atoms with Crippen LogP contribution in [0.15, 0.2) is 156 Å². The van der Waals surface area contributed by atoms with Gasteiger partial charge in [-0.3, -0.25) is 0 Å². The van der Waals surface area contributed by atoms with Crippen molar-refractivity contribution in [1.29, 1.82) is 0 Å². The predicted octanol–water partition coefficient (Wildman–Crippen LogP) is 10.5. The average molecular weight is 564 g/mol. The zero-order valence-electron chi connectivity index (χ0n) is 23.7. The second-order valence-electron chi connectivity index (χ2n) is 11.0. The maximum Gasteiger partial charge on any atom is 0.180 e. The summed E-state index contributed by atoms with van der Waals surface area (Å²) < 4.78 is 8.79. The molecule has 0 radical (unpaired) electrons. The van der Waals surface area contributed by atoms with Crippen LogP contribution in [0.5, 0.6) is 0 Å². The van der Waals surface area contributed by atoms with Gasteiger partial charge in [-0.15, -0.1) is 0 Å². The van der Waals surface area contributed by atoms with Crippen molar-refractivity contribution in [3.8, 4) is 39.5 Å². The molecule has 0 saturated heterocycles. The molecular formula is C40H25N3O. The van der Waals surface area contributed by atoms with Crippen molar-refractivity contribution in [2.45, 2.75) is 0 Å². The number of hydrogen-bond acceptors (Lipinski definition) is 3. The van der Waals surface area contributed by atoms with E-state index in [1.54, 1.807) is 0 Å². The second-order valence-corrected chi connectivity index (χ2v) is 11.0. The van der Waals surface area contributed by atoms with E-state index in [0.29, 0.717) is 11.4 Å². The topological polar surface area (TPSA) is 43.9 Å². The highest BCUT2D eigenvalue weighted by atomic mass is 16.3. The van der Waals surface area contributed by atoms with E-state index in [4.69, 9.17) is 14.4 Å². The summed E-state index contributed by atoms with van der Waals surface area (Å²) in [4.78, 5) is 10.3. The molecule has 0 bridgehead atoms. The van der Waals surface area contributed by atoms with E-state index in [1.165, 1.54) is 10.9 Å². The molecule has 4 heteroatoms. The Balaban J connectivity index is 1.30. The Hall–Kier alpha value is -6.00. The van der Waals surface area contributed by atoms with Crippen molar-refractivity contribution in [1.82, 2.24) is 14.5 Å². The Labute approximate surface area is 253 Å². The maximum absolute atomic E-state index is 6.47. The summed E-state index contributed by atoms with van der Waals surface area (Å²) >= 11 is 0. The first-order valence-corrected chi connectivity index (χ1v) is 14.8. The third-order valence-electron chi connectivity index (χ3n) is 8.41. The number of benzene rings is 6. The Bertz CT molecular complexity index is 2490. The summed E-state index contributed by atoms with van der Waals surface area (Å²) in [5.74, 6) is 0.670. The molecule has 0 unspecified atom stereocenters. The van der Waals surface area contributed by atoms with Crippen LogP contribution in [0.2, 0.25) is 0 Å². The third-order valence-corrected chi connectivity index (χ3v) is 8.41. The zero-order valence-corrected chi connectivity index (χ0v) is 23.7. The molecule has 0 atom stereocenters. The fraction of sp³-hybridized carbons (Fsp3) is 0. The second kappa shape index (κ2) is 9.79. The van der Waals surface area contributed by atoms with E-state index < -0.39 is 0 Å². The zero-order chi connectivity index (χ0) is 29.0. The summed E-state index contributed by atoms with van der Waals surface area (Å²) in [6.07, 6.45) is 0. The van der Waals surface area contributed by atoms with Crippen molar-refractivity contribution in [3.05, 3.63) is 152 Å². The summed E-state index contributed by atoms with van der Waals surface area (Å²) in [5.41, 5.74) is 10.8. The van der Waals surface area contributed by atoms with Gasteiger partial charge >= 0.3 is 0 Å². The Kier molecular flexibility index (Phi) is 5.47. The SMILES string of the molecule is c1ccc(-c2cccc(-c3nc(-c4ccc5c(c4)c4ccccc4n5-c4ccccc4)c4oc5ccccc5c4n3)c2)cc1.